The van der Waals surface area contributed by atoms with Crippen LogP contribution < -0.4 is 5.32 Å². The average Bonchev–Trinajstić information content (AvgIpc) is 2.57. The van der Waals surface area contributed by atoms with Gasteiger partial charge in [-0.15, -0.1) is 0 Å². The number of carbonyl (C=O) groups is 2. The van der Waals surface area contributed by atoms with Gasteiger partial charge in [0.1, 0.15) is 0 Å². The highest BCUT2D eigenvalue weighted by Gasteiger charge is 2.38. The van der Waals surface area contributed by atoms with Crippen molar-refractivity contribution in [2.24, 2.45) is 11.3 Å². The summed E-state index contributed by atoms with van der Waals surface area (Å²) in [7, 11) is 1.35. The fraction of sp³-hybridized carbons (Fsp3) is 0.833. The number of carbonyl (C=O) groups excluding carboxylic acids is 2. The molecule has 1 N–H and O–H groups in total. The highest BCUT2D eigenvalue weighted by molar-refractivity contribution is 5.80. The van der Waals surface area contributed by atoms with E-state index >= 15 is 0 Å². The van der Waals surface area contributed by atoms with E-state index in [4.69, 9.17) is 0 Å². The maximum Gasteiger partial charge on any atom is 0.307 e. The average molecular weight is 227 g/mol. The van der Waals surface area contributed by atoms with E-state index in [1.165, 1.54) is 7.11 Å². The molecule has 1 unspecified atom stereocenters. The van der Waals surface area contributed by atoms with Gasteiger partial charge >= 0.3 is 5.97 Å². The molecule has 0 heterocycles. The summed E-state index contributed by atoms with van der Waals surface area (Å²) in [6.07, 6.45) is 3.41. The van der Waals surface area contributed by atoms with E-state index in [0.29, 0.717) is 6.54 Å². The number of ether oxygens (including phenoxy) is 1. The summed E-state index contributed by atoms with van der Waals surface area (Å²) >= 11 is 0. The zero-order valence-electron chi connectivity index (χ0n) is 10.3. The minimum absolute atomic E-state index is 0.0754. The van der Waals surface area contributed by atoms with Crippen molar-refractivity contribution in [1.29, 1.82) is 0 Å². The van der Waals surface area contributed by atoms with Crippen molar-refractivity contribution in [3.63, 3.8) is 0 Å². The molecule has 1 amide bonds. The Bertz CT molecular complexity index is 273. The van der Waals surface area contributed by atoms with Crippen LogP contribution in [0.2, 0.25) is 0 Å². The second kappa shape index (κ2) is 5.32. The van der Waals surface area contributed by atoms with Gasteiger partial charge in [-0.3, -0.25) is 9.59 Å². The van der Waals surface area contributed by atoms with Crippen LogP contribution in [0.1, 0.15) is 39.5 Å². The molecule has 92 valence electrons. The number of amides is 1. The highest BCUT2D eigenvalue weighted by Crippen LogP contribution is 2.42. The lowest BCUT2D eigenvalue weighted by Crippen LogP contribution is -2.37. The smallest absolute Gasteiger partial charge is 0.307 e. The van der Waals surface area contributed by atoms with Crippen molar-refractivity contribution in [2.75, 3.05) is 13.7 Å². The van der Waals surface area contributed by atoms with E-state index < -0.39 is 0 Å². The van der Waals surface area contributed by atoms with Crippen LogP contribution in [0.3, 0.4) is 0 Å². The van der Waals surface area contributed by atoms with Crippen molar-refractivity contribution in [3.05, 3.63) is 0 Å². The fourth-order valence-corrected chi connectivity index (χ4v) is 2.33. The largest absolute Gasteiger partial charge is 0.469 e. The van der Waals surface area contributed by atoms with E-state index in [1.54, 1.807) is 0 Å². The third kappa shape index (κ3) is 3.22. The summed E-state index contributed by atoms with van der Waals surface area (Å²) in [5.74, 6) is -0.123. The Hall–Kier alpha value is -1.06. The van der Waals surface area contributed by atoms with Gasteiger partial charge in [-0.1, -0.05) is 20.3 Å². The molecule has 1 aliphatic rings. The van der Waals surface area contributed by atoms with E-state index in [2.05, 4.69) is 23.9 Å². The van der Waals surface area contributed by atoms with Gasteiger partial charge < -0.3 is 10.1 Å². The van der Waals surface area contributed by atoms with Gasteiger partial charge in [0.15, 0.2) is 0 Å². The SMILES string of the molecule is COC(=O)CCNC(=O)C1CCCC1(C)C. The van der Waals surface area contributed by atoms with Crippen LogP contribution in [0.4, 0.5) is 0 Å². The molecule has 16 heavy (non-hydrogen) atoms. The number of hydrogen-bond donors (Lipinski definition) is 1. The zero-order chi connectivity index (χ0) is 12.2. The Balaban J connectivity index is 2.33. The fourth-order valence-electron chi connectivity index (χ4n) is 2.33. The van der Waals surface area contributed by atoms with Gasteiger partial charge in [0.25, 0.3) is 0 Å². The Morgan fingerprint density at radius 2 is 2.12 bits per heavy atom. The number of methoxy groups -OCH3 is 1. The van der Waals surface area contributed by atoms with Crippen molar-refractivity contribution in [3.8, 4) is 0 Å². The van der Waals surface area contributed by atoms with Crippen molar-refractivity contribution >= 4 is 11.9 Å². The van der Waals surface area contributed by atoms with Crippen LogP contribution in [-0.4, -0.2) is 25.5 Å². The van der Waals surface area contributed by atoms with Gasteiger partial charge in [0.2, 0.25) is 5.91 Å². The molecule has 0 bridgehead atoms. The van der Waals surface area contributed by atoms with Crippen LogP contribution in [0.25, 0.3) is 0 Å². The Kier molecular flexibility index (Phi) is 4.33. The number of nitrogens with one attached hydrogen (secondary N) is 1. The molecule has 1 fully saturated rings. The third-order valence-electron chi connectivity index (χ3n) is 3.43. The molecule has 4 heteroatoms. The Morgan fingerprint density at radius 3 is 2.62 bits per heavy atom. The first-order valence-corrected chi connectivity index (χ1v) is 5.82. The molecule has 1 aliphatic carbocycles. The Labute approximate surface area is 96.7 Å². The second-order valence-corrected chi connectivity index (χ2v) is 5.05. The summed E-state index contributed by atoms with van der Waals surface area (Å²) < 4.78 is 4.51. The van der Waals surface area contributed by atoms with Gasteiger partial charge in [0, 0.05) is 12.5 Å². The van der Waals surface area contributed by atoms with Crippen LogP contribution in [0, 0.1) is 11.3 Å². The molecule has 1 atom stereocenters. The summed E-state index contributed by atoms with van der Waals surface area (Å²) in [5, 5.41) is 2.81. The molecule has 0 aliphatic heterocycles. The first-order chi connectivity index (χ1) is 7.47. The number of rotatable bonds is 4. The quantitative estimate of drug-likeness (QED) is 0.740. The molecular formula is C12H21NO3. The summed E-state index contributed by atoms with van der Waals surface area (Å²) in [6, 6.07) is 0. The van der Waals surface area contributed by atoms with Gasteiger partial charge in [-0.05, 0) is 18.3 Å². The normalized spacial score (nSPS) is 22.8. The number of esters is 1. The lowest BCUT2D eigenvalue weighted by atomic mass is 9.81. The lowest BCUT2D eigenvalue weighted by Gasteiger charge is -2.25. The Morgan fingerprint density at radius 1 is 1.44 bits per heavy atom. The summed E-state index contributed by atoms with van der Waals surface area (Å²) in [5.41, 5.74) is 0.0926. The van der Waals surface area contributed by atoms with Gasteiger partial charge in [-0.25, -0.2) is 0 Å². The van der Waals surface area contributed by atoms with Crippen LogP contribution in [0.15, 0.2) is 0 Å². The lowest BCUT2D eigenvalue weighted by molar-refractivity contribution is -0.140. The predicted octanol–water partition coefficient (Wildman–Crippen LogP) is 1.49. The molecule has 0 aromatic heterocycles. The molecule has 0 radical (unpaired) electrons. The molecule has 0 aromatic rings. The van der Waals surface area contributed by atoms with Gasteiger partial charge in [-0.2, -0.15) is 0 Å². The standard InChI is InChI=1S/C12H21NO3/c1-12(2)7-4-5-9(12)11(15)13-8-6-10(14)16-3/h9H,4-8H2,1-3H3,(H,13,15). The van der Waals surface area contributed by atoms with Crippen LogP contribution in [0.5, 0.6) is 0 Å². The number of hydrogen-bond acceptors (Lipinski definition) is 3. The second-order valence-electron chi connectivity index (χ2n) is 5.05. The zero-order valence-corrected chi connectivity index (χ0v) is 10.3. The molecule has 0 aromatic carbocycles. The minimum Gasteiger partial charge on any atom is -0.469 e. The van der Waals surface area contributed by atoms with Crippen LogP contribution >= 0.6 is 0 Å². The summed E-state index contributed by atoms with van der Waals surface area (Å²) in [4.78, 5) is 22.7. The van der Waals surface area contributed by atoms with Crippen LogP contribution in [-0.2, 0) is 14.3 Å². The monoisotopic (exact) mass is 227 g/mol. The molecule has 1 rings (SSSR count). The van der Waals surface area contributed by atoms with E-state index in [9.17, 15) is 9.59 Å². The summed E-state index contributed by atoms with van der Waals surface area (Å²) in [6.45, 7) is 4.63. The predicted molar refractivity (Wildman–Crippen MR) is 60.8 cm³/mol. The van der Waals surface area contributed by atoms with E-state index in [-0.39, 0.29) is 29.6 Å². The minimum atomic E-state index is -0.286. The maximum atomic E-state index is 11.9. The van der Waals surface area contributed by atoms with E-state index in [1.807, 2.05) is 0 Å². The van der Waals surface area contributed by atoms with E-state index in [0.717, 1.165) is 19.3 Å². The van der Waals surface area contributed by atoms with Gasteiger partial charge in [0.05, 0.1) is 13.5 Å². The first kappa shape index (κ1) is 13.0. The molecular weight excluding hydrogens is 206 g/mol. The molecule has 0 saturated heterocycles. The van der Waals surface area contributed by atoms with Crippen molar-refractivity contribution in [1.82, 2.24) is 5.32 Å². The first-order valence-electron chi connectivity index (χ1n) is 5.82. The molecule has 0 spiro atoms. The highest BCUT2D eigenvalue weighted by atomic mass is 16.5. The van der Waals surface area contributed by atoms with Crippen molar-refractivity contribution < 1.29 is 14.3 Å². The molecule has 1 saturated carbocycles. The van der Waals surface area contributed by atoms with Crippen molar-refractivity contribution in [2.45, 2.75) is 39.5 Å². The third-order valence-corrected chi connectivity index (χ3v) is 3.43. The molecule has 4 nitrogen and oxygen atoms in total. The topological polar surface area (TPSA) is 55.4 Å². The maximum absolute atomic E-state index is 11.9.